The number of para-hydroxylation sites is 2. The highest BCUT2D eigenvalue weighted by atomic mass is 35.5. The monoisotopic (exact) mass is 509 g/mol. The number of nitrogens with zero attached hydrogens (tertiary/aromatic N) is 2. The molecule has 0 saturated heterocycles. The van der Waals surface area contributed by atoms with Crippen LogP contribution >= 0.6 is 11.6 Å². The Morgan fingerprint density at radius 1 is 0.917 bits per heavy atom. The van der Waals surface area contributed by atoms with Crippen LogP contribution in [0.2, 0.25) is 5.02 Å². The molecule has 0 bridgehead atoms. The third-order valence-corrected chi connectivity index (χ3v) is 6.54. The standard InChI is InChI=1S/C27H19ClF3N3O2/c28-21-15-16(10-11-18(21)24-19(25(32)35)6-3-7-20(24)27(29,30)31)26(36)34-14-12-17-5-4-13-33(17)22-8-1-2-9-23(22)34/h1-11,13,15H,12,14H2,(H2,32,35). The second kappa shape index (κ2) is 8.87. The lowest BCUT2D eigenvalue weighted by Crippen LogP contribution is -2.32. The van der Waals surface area contributed by atoms with Crippen LogP contribution in [0.25, 0.3) is 16.8 Å². The number of halogens is 4. The fraction of sp³-hybridized carbons (Fsp3) is 0.111. The Hall–Kier alpha value is -4.04. The van der Waals surface area contributed by atoms with E-state index in [2.05, 4.69) is 0 Å². The largest absolute Gasteiger partial charge is 0.417 e. The summed E-state index contributed by atoms with van der Waals surface area (Å²) in [4.78, 5) is 27.2. The average Bonchev–Trinajstić information content (AvgIpc) is 3.25. The van der Waals surface area contributed by atoms with Gasteiger partial charge in [-0.1, -0.05) is 35.9 Å². The summed E-state index contributed by atoms with van der Waals surface area (Å²) in [5.41, 5.74) is 6.36. The number of carbonyl (C=O) groups excluding carboxylic acids is 2. The van der Waals surface area contributed by atoms with Crippen LogP contribution in [-0.2, 0) is 12.6 Å². The minimum Gasteiger partial charge on any atom is -0.366 e. The summed E-state index contributed by atoms with van der Waals surface area (Å²) < 4.78 is 43.3. The number of carbonyl (C=O) groups is 2. The highest BCUT2D eigenvalue weighted by molar-refractivity contribution is 6.34. The summed E-state index contributed by atoms with van der Waals surface area (Å²) in [5.74, 6) is -1.36. The second-order valence-electron chi connectivity index (χ2n) is 8.35. The molecule has 36 heavy (non-hydrogen) atoms. The summed E-state index contributed by atoms with van der Waals surface area (Å²) >= 11 is 6.44. The molecule has 2 heterocycles. The Balaban J connectivity index is 1.57. The van der Waals surface area contributed by atoms with Crippen LogP contribution in [-0.4, -0.2) is 22.9 Å². The highest BCUT2D eigenvalue weighted by Gasteiger charge is 2.36. The molecular weight excluding hydrogens is 491 g/mol. The number of rotatable bonds is 3. The lowest BCUT2D eigenvalue weighted by molar-refractivity contribution is -0.137. The van der Waals surface area contributed by atoms with Crippen molar-refractivity contribution in [2.75, 3.05) is 11.4 Å². The van der Waals surface area contributed by atoms with Crippen molar-refractivity contribution < 1.29 is 22.8 Å². The van der Waals surface area contributed by atoms with E-state index in [0.29, 0.717) is 18.7 Å². The first-order valence-corrected chi connectivity index (χ1v) is 11.4. The van der Waals surface area contributed by atoms with E-state index in [4.69, 9.17) is 17.3 Å². The molecule has 4 aromatic rings. The van der Waals surface area contributed by atoms with Crippen LogP contribution in [0.5, 0.6) is 0 Å². The number of amides is 2. The van der Waals surface area contributed by atoms with Gasteiger partial charge in [0.05, 0.1) is 16.9 Å². The lowest BCUT2D eigenvalue weighted by Gasteiger charge is -2.23. The molecular formula is C27H19ClF3N3O2. The fourth-order valence-corrected chi connectivity index (χ4v) is 4.87. The van der Waals surface area contributed by atoms with E-state index in [1.54, 1.807) is 4.90 Å². The van der Waals surface area contributed by atoms with Gasteiger partial charge in [-0.15, -0.1) is 0 Å². The first-order valence-electron chi connectivity index (χ1n) is 11.0. The molecule has 9 heteroatoms. The smallest absolute Gasteiger partial charge is 0.366 e. The van der Waals surface area contributed by atoms with Gasteiger partial charge in [0, 0.05) is 52.1 Å². The predicted molar refractivity (Wildman–Crippen MR) is 132 cm³/mol. The van der Waals surface area contributed by atoms with Gasteiger partial charge in [-0.05, 0) is 48.5 Å². The number of alkyl halides is 3. The first-order chi connectivity index (χ1) is 17.2. The number of primary amides is 1. The van der Waals surface area contributed by atoms with E-state index in [1.165, 1.54) is 24.3 Å². The van der Waals surface area contributed by atoms with Crippen molar-refractivity contribution in [2.45, 2.75) is 12.6 Å². The third-order valence-electron chi connectivity index (χ3n) is 6.22. The summed E-state index contributed by atoms with van der Waals surface area (Å²) in [6, 6.07) is 18.7. The van der Waals surface area contributed by atoms with Crippen LogP contribution in [0.1, 0.15) is 32.0 Å². The van der Waals surface area contributed by atoms with Crippen molar-refractivity contribution in [1.82, 2.24) is 4.57 Å². The topological polar surface area (TPSA) is 68.3 Å². The molecule has 0 aliphatic carbocycles. The number of nitrogens with two attached hydrogens (primary N) is 1. The summed E-state index contributed by atoms with van der Waals surface area (Å²) in [6.45, 7) is 0.405. The zero-order chi connectivity index (χ0) is 25.6. The molecule has 0 saturated carbocycles. The molecule has 2 amide bonds. The number of hydrogen-bond donors (Lipinski definition) is 1. The number of aromatic nitrogens is 1. The summed E-state index contributed by atoms with van der Waals surface area (Å²) in [5, 5.41) is -0.102. The maximum Gasteiger partial charge on any atom is 0.417 e. The normalized spacial score (nSPS) is 13.1. The first kappa shape index (κ1) is 23.7. The SMILES string of the molecule is NC(=O)c1cccc(C(F)(F)F)c1-c1ccc(C(=O)N2CCc3cccn3-c3ccccc32)cc1Cl. The van der Waals surface area contributed by atoms with E-state index in [1.807, 2.05) is 47.2 Å². The maximum atomic E-state index is 13.8. The number of anilines is 1. The van der Waals surface area contributed by atoms with E-state index in [9.17, 15) is 22.8 Å². The van der Waals surface area contributed by atoms with Gasteiger partial charge in [0.25, 0.3) is 5.91 Å². The Bertz CT molecular complexity index is 1510. The number of fused-ring (bicyclic) bond motifs is 3. The Kier molecular flexibility index (Phi) is 5.84. The highest BCUT2D eigenvalue weighted by Crippen LogP contribution is 2.42. The minimum atomic E-state index is -4.75. The zero-order valence-corrected chi connectivity index (χ0v) is 19.5. The fourth-order valence-electron chi connectivity index (χ4n) is 4.60. The van der Waals surface area contributed by atoms with Crippen molar-refractivity contribution in [3.63, 3.8) is 0 Å². The van der Waals surface area contributed by atoms with Gasteiger partial charge in [-0.3, -0.25) is 9.59 Å². The van der Waals surface area contributed by atoms with Crippen molar-refractivity contribution in [2.24, 2.45) is 5.73 Å². The lowest BCUT2D eigenvalue weighted by atomic mass is 9.92. The molecule has 0 atom stereocenters. The van der Waals surface area contributed by atoms with E-state index in [-0.39, 0.29) is 27.6 Å². The molecule has 0 fully saturated rings. The van der Waals surface area contributed by atoms with E-state index < -0.39 is 23.2 Å². The molecule has 5 rings (SSSR count). The van der Waals surface area contributed by atoms with E-state index in [0.717, 1.165) is 23.5 Å². The Labute approximate surface area is 209 Å². The molecule has 3 aromatic carbocycles. The van der Waals surface area contributed by atoms with Crippen molar-refractivity contribution in [3.8, 4) is 16.8 Å². The summed E-state index contributed by atoms with van der Waals surface area (Å²) in [7, 11) is 0. The van der Waals surface area contributed by atoms with Gasteiger partial charge in [0.2, 0.25) is 5.91 Å². The average molecular weight is 510 g/mol. The Morgan fingerprint density at radius 3 is 2.36 bits per heavy atom. The van der Waals surface area contributed by atoms with E-state index >= 15 is 0 Å². The molecule has 1 aromatic heterocycles. The van der Waals surface area contributed by atoms with Crippen LogP contribution in [0.4, 0.5) is 18.9 Å². The second-order valence-corrected chi connectivity index (χ2v) is 8.76. The van der Waals surface area contributed by atoms with Gasteiger partial charge in [0.15, 0.2) is 0 Å². The number of benzene rings is 3. The molecule has 1 aliphatic rings. The molecule has 1 aliphatic heterocycles. The van der Waals surface area contributed by atoms with Gasteiger partial charge < -0.3 is 15.2 Å². The van der Waals surface area contributed by atoms with Crippen LogP contribution < -0.4 is 10.6 Å². The third kappa shape index (κ3) is 4.03. The van der Waals surface area contributed by atoms with Crippen molar-refractivity contribution >= 4 is 29.1 Å². The van der Waals surface area contributed by atoms with Crippen molar-refractivity contribution in [3.05, 3.63) is 106 Å². The van der Waals surface area contributed by atoms with Crippen molar-refractivity contribution in [1.29, 1.82) is 0 Å². The predicted octanol–water partition coefficient (Wildman–Crippen LogP) is 6.12. The molecule has 2 N–H and O–H groups in total. The van der Waals surface area contributed by atoms with Crippen LogP contribution in [0, 0.1) is 0 Å². The molecule has 0 unspecified atom stereocenters. The zero-order valence-electron chi connectivity index (χ0n) is 18.7. The molecule has 5 nitrogen and oxygen atoms in total. The number of hydrogen-bond acceptors (Lipinski definition) is 2. The van der Waals surface area contributed by atoms with Gasteiger partial charge in [-0.25, -0.2) is 0 Å². The molecule has 0 radical (unpaired) electrons. The summed E-state index contributed by atoms with van der Waals surface area (Å²) in [6.07, 6.45) is -2.20. The maximum absolute atomic E-state index is 13.8. The van der Waals surface area contributed by atoms with Gasteiger partial charge in [-0.2, -0.15) is 13.2 Å². The molecule has 182 valence electrons. The minimum absolute atomic E-state index is 0.0397. The van der Waals surface area contributed by atoms with Gasteiger partial charge >= 0.3 is 6.18 Å². The van der Waals surface area contributed by atoms with Crippen LogP contribution in [0.3, 0.4) is 0 Å². The van der Waals surface area contributed by atoms with Gasteiger partial charge in [0.1, 0.15) is 0 Å². The Morgan fingerprint density at radius 2 is 1.67 bits per heavy atom. The van der Waals surface area contributed by atoms with Crippen LogP contribution in [0.15, 0.2) is 79.0 Å². The quantitative estimate of drug-likeness (QED) is 0.361. The molecule has 0 spiro atoms.